The Kier molecular flexibility index (Phi) is 4.42. The zero-order valence-electron chi connectivity index (χ0n) is 15.5. The van der Waals surface area contributed by atoms with Crippen molar-refractivity contribution in [2.75, 3.05) is 31.1 Å². The Morgan fingerprint density at radius 2 is 1.71 bits per heavy atom. The van der Waals surface area contributed by atoms with Crippen molar-refractivity contribution < 1.29 is 0 Å². The van der Waals surface area contributed by atoms with Gasteiger partial charge in [-0.1, -0.05) is 30.3 Å². The topological polar surface area (TPSA) is 62.5 Å². The molecule has 0 amide bonds. The van der Waals surface area contributed by atoms with Crippen molar-refractivity contribution in [3.63, 3.8) is 0 Å². The van der Waals surface area contributed by atoms with Crippen LogP contribution in [-0.2, 0) is 6.54 Å². The maximum atomic E-state index is 4.69. The molecule has 3 aromatic heterocycles. The molecule has 1 saturated heterocycles. The van der Waals surface area contributed by atoms with Gasteiger partial charge in [0.1, 0.15) is 5.82 Å². The van der Waals surface area contributed by atoms with E-state index in [2.05, 4.69) is 43.2 Å². The van der Waals surface area contributed by atoms with E-state index in [1.54, 1.807) is 12.4 Å². The number of aromatic nitrogens is 5. The second-order valence-corrected chi connectivity index (χ2v) is 6.98. The van der Waals surface area contributed by atoms with Gasteiger partial charge in [-0.25, -0.2) is 14.5 Å². The van der Waals surface area contributed by atoms with Crippen LogP contribution in [0, 0.1) is 0 Å². The van der Waals surface area contributed by atoms with E-state index in [-0.39, 0.29) is 0 Å². The normalized spacial score (nSPS) is 15.2. The monoisotopic (exact) mass is 371 g/mol. The molecule has 1 aromatic carbocycles. The molecule has 7 heteroatoms. The first-order valence-electron chi connectivity index (χ1n) is 9.48. The van der Waals surface area contributed by atoms with Crippen molar-refractivity contribution >= 4 is 11.5 Å². The van der Waals surface area contributed by atoms with Crippen LogP contribution in [0.1, 0.15) is 5.56 Å². The molecule has 0 spiro atoms. The van der Waals surface area contributed by atoms with E-state index in [4.69, 9.17) is 4.98 Å². The Balaban J connectivity index is 1.28. The standard InChI is InChI=1S/C21H21N7/c1-2-4-18(5-3-1)19-13-25-28-16-17(12-24-21(19)28)15-26-8-10-27(11-9-26)20-14-22-6-7-23-20/h1-7,12-14,16H,8-11,15H2. The molecular weight excluding hydrogens is 350 g/mol. The van der Waals surface area contributed by atoms with Crippen molar-refractivity contribution in [2.24, 2.45) is 0 Å². The largest absolute Gasteiger partial charge is 0.353 e. The lowest BCUT2D eigenvalue weighted by Crippen LogP contribution is -2.46. The summed E-state index contributed by atoms with van der Waals surface area (Å²) >= 11 is 0. The number of piperazine rings is 1. The average molecular weight is 371 g/mol. The smallest absolute Gasteiger partial charge is 0.162 e. The summed E-state index contributed by atoms with van der Waals surface area (Å²) in [4.78, 5) is 18.0. The second kappa shape index (κ2) is 7.36. The summed E-state index contributed by atoms with van der Waals surface area (Å²) in [6.45, 7) is 4.76. The highest BCUT2D eigenvalue weighted by atomic mass is 15.3. The summed E-state index contributed by atoms with van der Waals surface area (Å²) in [5.41, 5.74) is 4.26. The zero-order valence-corrected chi connectivity index (χ0v) is 15.5. The highest BCUT2D eigenvalue weighted by Gasteiger charge is 2.18. The van der Waals surface area contributed by atoms with Gasteiger partial charge < -0.3 is 4.90 Å². The van der Waals surface area contributed by atoms with E-state index in [1.165, 1.54) is 5.56 Å². The molecule has 0 unspecified atom stereocenters. The van der Waals surface area contributed by atoms with Crippen LogP contribution in [0.25, 0.3) is 16.8 Å². The lowest BCUT2D eigenvalue weighted by Gasteiger charge is -2.35. The van der Waals surface area contributed by atoms with E-state index in [0.717, 1.165) is 55.3 Å². The molecule has 0 radical (unpaired) electrons. The molecule has 0 aliphatic carbocycles. The highest BCUT2D eigenvalue weighted by Crippen LogP contribution is 2.23. The number of hydrogen-bond donors (Lipinski definition) is 0. The van der Waals surface area contributed by atoms with Gasteiger partial charge in [0.2, 0.25) is 0 Å². The molecule has 4 heterocycles. The van der Waals surface area contributed by atoms with Crippen LogP contribution in [-0.4, -0.2) is 55.6 Å². The van der Waals surface area contributed by atoms with Crippen LogP contribution >= 0.6 is 0 Å². The van der Waals surface area contributed by atoms with Crippen molar-refractivity contribution in [3.05, 3.63) is 73.1 Å². The molecular formula is C21H21N7. The predicted octanol–water partition coefficient (Wildman–Crippen LogP) is 2.51. The molecule has 1 aliphatic rings. The van der Waals surface area contributed by atoms with E-state index >= 15 is 0 Å². The lowest BCUT2D eigenvalue weighted by molar-refractivity contribution is 0.248. The minimum Gasteiger partial charge on any atom is -0.353 e. The van der Waals surface area contributed by atoms with E-state index in [0.29, 0.717) is 0 Å². The Labute approximate surface area is 163 Å². The van der Waals surface area contributed by atoms with Crippen LogP contribution in [0.4, 0.5) is 5.82 Å². The molecule has 4 aromatic rings. The zero-order chi connectivity index (χ0) is 18.8. The fraction of sp³-hybridized carbons (Fsp3) is 0.238. The molecule has 28 heavy (non-hydrogen) atoms. The van der Waals surface area contributed by atoms with Crippen LogP contribution in [0.15, 0.2) is 67.5 Å². The summed E-state index contributed by atoms with van der Waals surface area (Å²) in [6, 6.07) is 10.3. The molecule has 1 aliphatic heterocycles. The van der Waals surface area contributed by atoms with Gasteiger partial charge in [-0.2, -0.15) is 5.10 Å². The van der Waals surface area contributed by atoms with Gasteiger partial charge >= 0.3 is 0 Å². The third-order valence-corrected chi connectivity index (χ3v) is 5.15. The minimum atomic E-state index is 0.873. The van der Waals surface area contributed by atoms with Gasteiger partial charge in [0.15, 0.2) is 5.65 Å². The fourth-order valence-electron chi connectivity index (χ4n) is 3.66. The third-order valence-electron chi connectivity index (χ3n) is 5.15. The molecule has 0 N–H and O–H groups in total. The Bertz CT molecular complexity index is 1050. The van der Waals surface area contributed by atoms with Gasteiger partial charge in [0.25, 0.3) is 0 Å². The first kappa shape index (κ1) is 16.8. The summed E-state index contributed by atoms with van der Waals surface area (Å²) in [5, 5.41) is 4.51. The van der Waals surface area contributed by atoms with Crippen molar-refractivity contribution in [2.45, 2.75) is 6.54 Å². The average Bonchev–Trinajstić information content (AvgIpc) is 3.19. The number of hydrogen-bond acceptors (Lipinski definition) is 6. The number of fused-ring (bicyclic) bond motifs is 1. The summed E-state index contributed by atoms with van der Waals surface area (Å²) < 4.78 is 1.88. The van der Waals surface area contributed by atoms with Gasteiger partial charge in [-0.3, -0.25) is 9.88 Å². The van der Waals surface area contributed by atoms with Gasteiger partial charge in [0.05, 0.1) is 12.4 Å². The van der Waals surface area contributed by atoms with Crippen LogP contribution < -0.4 is 4.90 Å². The Hall–Kier alpha value is -3.32. The van der Waals surface area contributed by atoms with Crippen LogP contribution in [0.5, 0.6) is 0 Å². The van der Waals surface area contributed by atoms with E-state index in [1.807, 2.05) is 41.3 Å². The minimum absolute atomic E-state index is 0.873. The SMILES string of the molecule is c1ccc(-c2cnn3cc(CN4CCN(c5cnccn5)CC4)cnc23)cc1. The molecule has 7 nitrogen and oxygen atoms in total. The Morgan fingerprint density at radius 1 is 0.857 bits per heavy atom. The van der Waals surface area contributed by atoms with Crippen LogP contribution in [0.3, 0.4) is 0 Å². The number of anilines is 1. The molecule has 5 rings (SSSR count). The Morgan fingerprint density at radius 3 is 2.50 bits per heavy atom. The molecule has 1 fully saturated rings. The first-order valence-corrected chi connectivity index (χ1v) is 9.48. The third kappa shape index (κ3) is 3.32. The fourth-order valence-corrected chi connectivity index (χ4v) is 3.66. The summed E-state index contributed by atoms with van der Waals surface area (Å²) in [7, 11) is 0. The van der Waals surface area contributed by atoms with Crippen LogP contribution in [0.2, 0.25) is 0 Å². The molecule has 0 atom stereocenters. The quantitative estimate of drug-likeness (QED) is 0.549. The summed E-state index contributed by atoms with van der Waals surface area (Å²) in [5.74, 6) is 0.954. The summed E-state index contributed by atoms with van der Waals surface area (Å²) in [6.07, 6.45) is 11.2. The number of nitrogens with zero attached hydrogens (tertiary/aromatic N) is 7. The van der Waals surface area contributed by atoms with E-state index < -0.39 is 0 Å². The first-order chi connectivity index (χ1) is 13.9. The van der Waals surface area contributed by atoms with Gasteiger partial charge in [-0.05, 0) is 5.56 Å². The molecule has 140 valence electrons. The van der Waals surface area contributed by atoms with Crippen molar-refractivity contribution in [1.82, 2.24) is 29.5 Å². The van der Waals surface area contributed by atoms with Crippen molar-refractivity contribution in [3.8, 4) is 11.1 Å². The van der Waals surface area contributed by atoms with Crippen molar-refractivity contribution in [1.29, 1.82) is 0 Å². The van der Waals surface area contributed by atoms with Gasteiger partial charge in [-0.15, -0.1) is 0 Å². The lowest BCUT2D eigenvalue weighted by atomic mass is 10.1. The number of rotatable bonds is 4. The molecule has 0 saturated carbocycles. The maximum absolute atomic E-state index is 4.69. The molecule has 0 bridgehead atoms. The van der Waals surface area contributed by atoms with E-state index in [9.17, 15) is 0 Å². The predicted molar refractivity (Wildman–Crippen MR) is 108 cm³/mol. The number of benzene rings is 1. The van der Waals surface area contributed by atoms with Gasteiger partial charge in [0, 0.05) is 68.6 Å². The second-order valence-electron chi connectivity index (χ2n) is 6.98. The highest BCUT2D eigenvalue weighted by molar-refractivity contribution is 5.76. The maximum Gasteiger partial charge on any atom is 0.162 e.